The Hall–Kier alpha value is -1.14. The van der Waals surface area contributed by atoms with Crippen molar-refractivity contribution in [3.8, 4) is 0 Å². The molecule has 0 spiro atoms. The smallest absolute Gasteiger partial charge is 0.347 e. The van der Waals surface area contributed by atoms with Crippen molar-refractivity contribution in [2.75, 3.05) is 24.5 Å². The number of carboxylic acid groups (broad SMARTS) is 1. The molecular formula is C12H19N3O2S. The molecule has 2 N–H and O–H groups in total. The summed E-state index contributed by atoms with van der Waals surface area (Å²) in [5.74, 6) is -0.864. The van der Waals surface area contributed by atoms with Gasteiger partial charge < -0.3 is 15.3 Å². The number of hydrogen-bond donors (Lipinski definition) is 2. The van der Waals surface area contributed by atoms with E-state index in [1.807, 2.05) is 6.92 Å². The summed E-state index contributed by atoms with van der Waals surface area (Å²) in [4.78, 5) is 18.0. The highest BCUT2D eigenvalue weighted by Gasteiger charge is 2.29. The fourth-order valence-electron chi connectivity index (χ4n) is 1.99. The van der Waals surface area contributed by atoms with Crippen LogP contribution in [0.25, 0.3) is 0 Å². The molecule has 1 aromatic heterocycles. The molecule has 1 saturated heterocycles. The molecule has 1 aromatic rings. The number of carboxylic acids is 1. The second kappa shape index (κ2) is 5.67. The van der Waals surface area contributed by atoms with Crippen LogP contribution in [0.15, 0.2) is 0 Å². The lowest BCUT2D eigenvalue weighted by molar-refractivity contribution is 0.0701. The zero-order valence-electron chi connectivity index (χ0n) is 10.8. The van der Waals surface area contributed by atoms with E-state index < -0.39 is 5.97 Å². The van der Waals surface area contributed by atoms with Crippen molar-refractivity contribution in [2.24, 2.45) is 0 Å². The van der Waals surface area contributed by atoms with E-state index in [9.17, 15) is 4.79 Å². The van der Waals surface area contributed by atoms with Crippen molar-refractivity contribution in [3.05, 3.63) is 10.6 Å². The lowest BCUT2D eigenvalue weighted by Crippen LogP contribution is -2.58. The van der Waals surface area contributed by atoms with Crippen molar-refractivity contribution >= 4 is 22.4 Å². The molecule has 0 saturated carbocycles. The Morgan fingerprint density at radius 1 is 1.56 bits per heavy atom. The molecule has 0 unspecified atom stereocenters. The van der Waals surface area contributed by atoms with Crippen LogP contribution in [0.1, 0.15) is 35.6 Å². The predicted molar refractivity (Wildman–Crippen MR) is 72.7 cm³/mol. The van der Waals surface area contributed by atoms with E-state index in [1.54, 1.807) is 0 Å². The molecule has 0 radical (unpaired) electrons. The fourth-order valence-corrected chi connectivity index (χ4v) is 3.01. The van der Waals surface area contributed by atoms with Crippen LogP contribution in [0.2, 0.25) is 0 Å². The van der Waals surface area contributed by atoms with Crippen LogP contribution in [-0.4, -0.2) is 41.7 Å². The van der Waals surface area contributed by atoms with Gasteiger partial charge in [-0.3, -0.25) is 0 Å². The quantitative estimate of drug-likeness (QED) is 0.821. The second-order valence-corrected chi connectivity index (χ2v) is 5.46. The summed E-state index contributed by atoms with van der Waals surface area (Å²) < 4.78 is 0. The number of hydrogen-bond acceptors (Lipinski definition) is 5. The summed E-state index contributed by atoms with van der Waals surface area (Å²) >= 11 is 1.29. The molecule has 1 fully saturated rings. The maximum atomic E-state index is 11.1. The van der Waals surface area contributed by atoms with Gasteiger partial charge >= 0.3 is 5.97 Å². The highest BCUT2D eigenvalue weighted by atomic mass is 32.1. The molecule has 2 heterocycles. The van der Waals surface area contributed by atoms with Gasteiger partial charge in [-0.05, 0) is 19.4 Å². The van der Waals surface area contributed by atoms with Gasteiger partial charge in [0.05, 0.1) is 5.69 Å². The molecule has 18 heavy (non-hydrogen) atoms. The van der Waals surface area contributed by atoms with E-state index in [-0.39, 0.29) is 0 Å². The van der Waals surface area contributed by atoms with Crippen molar-refractivity contribution in [3.63, 3.8) is 0 Å². The first-order valence-corrected chi connectivity index (χ1v) is 7.18. The Morgan fingerprint density at radius 2 is 2.28 bits per heavy atom. The third-order valence-corrected chi connectivity index (χ3v) is 4.20. The minimum atomic E-state index is -0.864. The molecule has 5 nitrogen and oxygen atoms in total. The number of nitrogens with zero attached hydrogens (tertiary/aromatic N) is 2. The van der Waals surface area contributed by atoms with Gasteiger partial charge in [-0.15, -0.1) is 0 Å². The molecule has 1 aliphatic rings. The zero-order chi connectivity index (χ0) is 13.1. The highest BCUT2D eigenvalue weighted by Crippen LogP contribution is 2.29. The van der Waals surface area contributed by atoms with Crippen molar-refractivity contribution < 1.29 is 9.90 Å². The monoisotopic (exact) mass is 269 g/mol. The van der Waals surface area contributed by atoms with Gasteiger partial charge in [0, 0.05) is 19.1 Å². The first-order chi connectivity index (χ1) is 8.65. The Balaban J connectivity index is 1.97. The second-order valence-electron chi connectivity index (χ2n) is 4.49. The van der Waals surface area contributed by atoms with Crippen LogP contribution in [-0.2, 0) is 6.42 Å². The average Bonchev–Trinajstić information content (AvgIpc) is 2.71. The molecule has 0 amide bonds. The van der Waals surface area contributed by atoms with Gasteiger partial charge in [-0.25, -0.2) is 9.78 Å². The number of thiazole rings is 1. The minimum absolute atomic E-state index is 0.387. The van der Waals surface area contributed by atoms with Crippen LogP contribution >= 0.6 is 11.3 Å². The van der Waals surface area contributed by atoms with E-state index in [1.165, 1.54) is 11.3 Å². The lowest BCUT2D eigenvalue weighted by atomic mass is 10.1. The number of aryl methyl sites for hydroxylation is 1. The van der Waals surface area contributed by atoms with E-state index in [0.717, 1.165) is 31.2 Å². The number of aromatic nitrogens is 1. The van der Waals surface area contributed by atoms with Gasteiger partial charge in [0.15, 0.2) is 5.13 Å². The third kappa shape index (κ3) is 2.64. The maximum Gasteiger partial charge on any atom is 0.347 e. The Labute approximate surface area is 111 Å². The van der Waals surface area contributed by atoms with Crippen LogP contribution in [0.3, 0.4) is 0 Å². The predicted octanol–water partition coefficient (Wildman–Crippen LogP) is 1.59. The number of carbonyl (C=O) groups is 1. The lowest BCUT2D eigenvalue weighted by Gasteiger charge is -2.39. The third-order valence-electron chi connectivity index (χ3n) is 3.05. The van der Waals surface area contributed by atoms with E-state index in [0.29, 0.717) is 23.0 Å². The number of anilines is 1. The maximum absolute atomic E-state index is 11.1. The molecule has 0 aliphatic carbocycles. The standard InChI is InChI=1S/C12H19N3O2S/c1-3-5-13-8-6-15(7-8)12-14-9(4-2)10(18-12)11(16)17/h8,13H,3-7H2,1-2H3,(H,16,17). The molecule has 6 heteroatoms. The van der Waals surface area contributed by atoms with E-state index in [4.69, 9.17) is 5.11 Å². The van der Waals surface area contributed by atoms with Crippen LogP contribution in [0.4, 0.5) is 5.13 Å². The Morgan fingerprint density at radius 3 is 2.78 bits per heavy atom. The summed E-state index contributed by atoms with van der Waals surface area (Å²) in [5.41, 5.74) is 0.701. The van der Waals surface area contributed by atoms with Gasteiger partial charge in [0.1, 0.15) is 4.88 Å². The fraction of sp³-hybridized carbons (Fsp3) is 0.667. The summed E-state index contributed by atoms with van der Waals surface area (Å²) in [5, 5.41) is 13.4. The summed E-state index contributed by atoms with van der Waals surface area (Å²) in [6, 6.07) is 0.521. The average molecular weight is 269 g/mol. The molecule has 100 valence electrons. The SMILES string of the molecule is CCCNC1CN(c2nc(CC)c(C(=O)O)s2)C1. The van der Waals surface area contributed by atoms with Gasteiger partial charge in [0.2, 0.25) is 0 Å². The zero-order valence-corrected chi connectivity index (χ0v) is 11.6. The number of rotatable bonds is 6. The summed E-state index contributed by atoms with van der Waals surface area (Å²) in [6.07, 6.45) is 1.81. The Kier molecular flexibility index (Phi) is 4.19. The van der Waals surface area contributed by atoms with Crippen molar-refractivity contribution in [1.82, 2.24) is 10.3 Å². The van der Waals surface area contributed by atoms with Crippen LogP contribution in [0, 0.1) is 0 Å². The largest absolute Gasteiger partial charge is 0.477 e. The Bertz CT molecular complexity index is 427. The van der Waals surface area contributed by atoms with E-state index in [2.05, 4.69) is 22.1 Å². The van der Waals surface area contributed by atoms with E-state index >= 15 is 0 Å². The molecular weight excluding hydrogens is 250 g/mol. The molecule has 0 aromatic carbocycles. The van der Waals surface area contributed by atoms with Gasteiger partial charge in [0.25, 0.3) is 0 Å². The summed E-state index contributed by atoms with van der Waals surface area (Å²) in [6.45, 7) is 6.98. The van der Waals surface area contributed by atoms with Gasteiger partial charge in [-0.2, -0.15) is 0 Å². The minimum Gasteiger partial charge on any atom is -0.477 e. The molecule has 1 aliphatic heterocycles. The van der Waals surface area contributed by atoms with Crippen molar-refractivity contribution in [1.29, 1.82) is 0 Å². The summed E-state index contributed by atoms with van der Waals surface area (Å²) in [7, 11) is 0. The van der Waals surface area contributed by atoms with Crippen LogP contribution in [0.5, 0.6) is 0 Å². The molecule has 0 bridgehead atoms. The normalized spacial score (nSPS) is 15.8. The van der Waals surface area contributed by atoms with Crippen molar-refractivity contribution in [2.45, 2.75) is 32.7 Å². The van der Waals surface area contributed by atoms with Gasteiger partial charge in [-0.1, -0.05) is 25.2 Å². The first-order valence-electron chi connectivity index (χ1n) is 6.37. The number of nitrogens with one attached hydrogen (secondary N) is 1. The van der Waals surface area contributed by atoms with Crippen LogP contribution < -0.4 is 10.2 Å². The molecule has 0 atom stereocenters. The topological polar surface area (TPSA) is 65.5 Å². The molecule has 2 rings (SSSR count). The number of aromatic carboxylic acids is 1. The first kappa shape index (κ1) is 13.3. The highest BCUT2D eigenvalue weighted by molar-refractivity contribution is 7.17.